The molecular formula is C34H27ClN2O5S. The zero-order valence-electron chi connectivity index (χ0n) is 23.7. The molecule has 6 rings (SSSR count). The van der Waals surface area contributed by atoms with Crippen molar-refractivity contribution in [1.29, 1.82) is 0 Å². The van der Waals surface area contributed by atoms with Gasteiger partial charge in [0.2, 0.25) is 0 Å². The van der Waals surface area contributed by atoms with Crippen molar-refractivity contribution in [2.75, 3.05) is 13.7 Å². The van der Waals surface area contributed by atoms with Crippen LogP contribution in [0.3, 0.4) is 0 Å². The molecule has 0 bridgehead atoms. The Balaban J connectivity index is 1.56. The van der Waals surface area contributed by atoms with Gasteiger partial charge in [0.05, 0.1) is 35.6 Å². The van der Waals surface area contributed by atoms with Gasteiger partial charge in [-0.05, 0) is 61.4 Å². The Labute approximate surface area is 256 Å². The number of methoxy groups -OCH3 is 1. The number of carbonyl (C=O) groups excluding carboxylic acids is 1. The minimum atomic E-state index is -0.778. The summed E-state index contributed by atoms with van der Waals surface area (Å²) in [4.78, 5) is 33.0. The SMILES string of the molecule is CCOC(=O)C1=C(c2ccccc2)N=c2s/c(=C\c3ccc(-c4cc(Cl)ccc4C)o3)c(=O)n2[C@H]1c1ccc(OC)cc1. The van der Waals surface area contributed by atoms with Crippen molar-refractivity contribution in [3.05, 3.63) is 138 Å². The Morgan fingerprint density at radius 2 is 1.84 bits per heavy atom. The Kier molecular flexibility index (Phi) is 7.88. The molecule has 216 valence electrons. The van der Waals surface area contributed by atoms with E-state index in [1.54, 1.807) is 36.8 Å². The molecule has 0 radical (unpaired) electrons. The largest absolute Gasteiger partial charge is 0.497 e. The van der Waals surface area contributed by atoms with E-state index in [1.165, 1.54) is 11.3 Å². The highest BCUT2D eigenvalue weighted by molar-refractivity contribution is 7.07. The van der Waals surface area contributed by atoms with Crippen molar-refractivity contribution in [3.63, 3.8) is 0 Å². The van der Waals surface area contributed by atoms with Gasteiger partial charge in [-0.1, -0.05) is 71.5 Å². The second-order valence-electron chi connectivity index (χ2n) is 9.87. The van der Waals surface area contributed by atoms with Gasteiger partial charge >= 0.3 is 5.97 Å². The molecule has 0 unspecified atom stereocenters. The average molecular weight is 611 g/mol. The number of aryl methyl sites for hydroxylation is 1. The molecule has 0 spiro atoms. The summed E-state index contributed by atoms with van der Waals surface area (Å²) in [5, 5.41) is 0.608. The van der Waals surface area contributed by atoms with Crippen molar-refractivity contribution in [3.8, 4) is 17.1 Å². The molecular weight excluding hydrogens is 584 g/mol. The van der Waals surface area contributed by atoms with Gasteiger partial charge in [0.1, 0.15) is 17.3 Å². The van der Waals surface area contributed by atoms with Crippen molar-refractivity contribution in [1.82, 2.24) is 4.57 Å². The fourth-order valence-electron chi connectivity index (χ4n) is 5.11. The second kappa shape index (κ2) is 11.9. The fraction of sp³-hybridized carbons (Fsp3) is 0.147. The van der Waals surface area contributed by atoms with Gasteiger partial charge in [-0.25, -0.2) is 9.79 Å². The molecule has 2 aromatic heterocycles. The van der Waals surface area contributed by atoms with Crippen LogP contribution >= 0.6 is 22.9 Å². The van der Waals surface area contributed by atoms with E-state index in [0.717, 1.165) is 22.3 Å². The number of esters is 1. The third-order valence-corrected chi connectivity index (χ3v) is 8.39. The molecule has 3 heterocycles. The maximum atomic E-state index is 14.1. The van der Waals surface area contributed by atoms with Gasteiger partial charge < -0.3 is 13.9 Å². The maximum Gasteiger partial charge on any atom is 0.338 e. The number of aromatic nitrogens is 1. The number of rotatable bonds is 7. The smallest absolute Gasteiger partial charge is 0.338 e. The van der Waals surface area contributed by atoms with E-state index in [1.807, 2.05) is 79.7 Å². The summed E-state index contributed by atoms with van der Waals surface area (Å²) in [5.74, 6) is 1.28. The van der Waals surface area contributed by atoms with Crippen LogP contribution in [-0.2, 0) is 9.53 Å². The lowest BCUT2D eigenvalue weighted by atomic mass is 9.93. The van der Waals surface area contributed by atoms with Crippen LogP contribution in [0.25, 0.3) is 23.1 Å². The van der Waals surface area contributed by atoms with Crippen LogP contribution in [0.2, 0.25) is 5.02 Å². The topological polar surface area (TPSA) is 83.0 Å². The van der Waals surface area contributed by atoms with Crippen molar-refractivity contribution in [2.24, 2.45) is 4.99 Å². The molecule has 1 aliphatic rings. The number of hydrogen-bond donors (Lipinski definition) is 0. The molecule has 43 heavy (non-hydrogen) atoms. The van der Waals surface area contributed by atoms with Crippen LogP contribution in [0.5, 0.6) is 5.75 Å². The zero-order chi connectivity index (χ0) is 30.1. The van der Waals surface area contributed by atoms with Crippen LogP contribution in [-0.4, -0.2) is 24.3 Å². The van der Waals surface area contributed by atoms with E-state index in [2.05, 4.69) is 0 Å². The first-order chi connectivity index (χ1) is 20.9. The highest BCUT2D eigenvalue weighted by Crippen LogP contribution is 2.36. The lowest BCUT2D eigenvalue weighted by molar-refractivity contribution is -0.138. The standard InChI is InChI=1S/C34H27ClN2O5S/c1-4-41-33(39)29-30(21-8-6-5-7-9-21)36-34-37(31(29)22-11-14-24(40-3)15-12-22)32(38)28(43-34)19-25-16-17-27(42-25)26-18-23(35)13-10-20(26)2/h5-19,31H,4H2,1-3H3/b28-19-/t31-/m0/s1. The molecule has 0 saturated carbocycles. The summed E-state index contributed by atoms with van der Waals surface area (Å²) < 4.78 is 19.0. The Bertz CT molecular complexity index is 2040. The molecule has 7 nitrogen and oxygen atoms in total. The number of thiazole rings is 1. The lowest BCUT2D eigenvalue weighted by Crippen LogP contribution is -2.40. The fourth-order valence-corrected chi connectivity index (χ4v) is 6.26. The minimum absolute atomic E-state index is 0.178. The van der Waals surface area contributed by atoms with Crippen LogP contribution in [0.15, 0.2) is 105 Å². The van der Waals surface area contributed by atoms with Gasteiger partial charge in [0, 0.05) is 22.2 Å². The number of furan rings is 1. The van der Waals surface area contributed by atoms with E-state index in [0.29, 0.717) is 37.3 Å². The Morgan fingerprint density at radius 3 is 2.56 bits per heavy atom. The predicted octanol–water partition coefficient (Wildman–Crippen LogP) is 6.17. The molecule has 1 atom stereocenters. The number of nitrogens with zero attached hydrogens (tertiary/aromatic N) is 2. The average Bonchev–Trinajstić information content (AvgIpc) is 3.62. The van der Waals surface area contributed by atoms with Gasteiger partial charge in [0.25, 0.3) is 5.56 Å². The first-order valence-corrected chi connectivity index (χ1v) is 14.9. The molecule has 0 aliphatic carbocycles. The molecule has 0 N–H and O–H groups in total. The summed E-state index contributed by atoms with van der Waals surface area (Å²) in [6.07, 6.45) is 1.70. The number of ether oxygens (including phenoxy) is 2. The summed E-state index contributed by atoms with van der Waals surface area (Å²) in [7, 11) is 1.59. The van der Waals surface area contributed by atoms with E-state index in [4.69, 9.17) is 30.5 Å². The lowest BCUT2D eigenvalue weighted by Gasteiger charge is -2.26. The van der Waals surface area contributed by atoms with Crippen molar-refractivity contribution >= 4 is 40.7 Å². The quantitative estimate of drug-likeness (QED) is 0.206. The molecule has 0 fully saturated rings. The van der Waals surface area contributed by atoms with E-state index in [-0.39, 0.29) is 17.7 Å². The highest BCUT2D eigenvalue weighted by atomic mass is 35.5. The molecule has 0 saturated heterocycles. The predicted molar refractivity (Wildman–Crippen MR) is 168 cm³/mol. The zero-order valence-corrected chi connectivity index (χ0v) is 25.2. The molecule has 9 heteroatoms. The molecule has 5 aromatic rings. The Hall–Kier alpha value is -4.66. The number of hydrogen-bond acceptors (Lipinski definition) is 7. The summed E-state index contributed by atoms with van der Waals surface area (Å²) >= 11 is 7.46. The van der Waals surface area contributed by atoms with Gasteiger partial charge in [0.15, 0.2) is 4.80 Å². The Morgan fingerprint density at radius 1 is 1.07 bits per heavy atom. The number of benzene rings is 3. The highest BCUT2D eigenvalue weighted by Gasteiger charge is 2.35. The van der Waals surface area contributed by atoms with E-state index >= 15 is 0 Å². The number of halogens is 1. The van der Waals surface area contributed by atoms with E-state index < -0.39 is 12.0 Å². The minimum Gasteiger partial charge on any atom is -0.497 e. The first kappa shape index (κ1) is 28.5. The normalized spacial score (nSPS) is 14.8. The number of fused-ring (bicyclic) bond motifs is 1. The monoisotopic (exact) mass is 610 g/mol. The van der Waals surface area contributed by atoms with Gasteiger partial charge in [-0.15, -0.1) is 0 Å². The van der Waals surface area contributed by atoms with Crippen LogP contribution < -0.4 is 19.6 Å². The first-order valence-electron chi connectivity index (χ1n) is 13.7. The van der Waals surface area contributed by atoms with Crippen molar-refractivity contribution < 1.29 is 18.7 Å². The summed E-state index contributed by atoms with van der Waals surface area (Å²) in [6, 6.07) is 25.3. The maximum absolute atomic E-state index is 14.1. The van der Waals surface area contributed by atoms with Crippen LogP contribution in [0.1, 0.15) is 35.4 Å². The van der Waals surface area contributed by atoms with Crippen LogP contribution in [0, 0.1) is 6.92 Å². The van der Waals surface area contributed by atoms with Gasteiger partial charge in [-0.2, -0.15) is 0 Å². The van der Waals surface area contributed by atoms with Gasteiger partial charge in [-0.3, -0.25) is 9.36 Å². The van der Waals surface area contributed by atoms with Crippen LogP contribution in [0.4, 0.5) is 0 Å². The second-order valence-corrected chi connectivity index (χ2v) is 11.3. The third-order valence-electron chi connectivity index (χ3n) is 7.17. The molecule has 1 aliphatic heterocycles. The summed E-state index contributed by atoms with van der Waals surface area (Å²) in [5.41, 5.74) is 3.81. The molecule has 3 aromatic carbocycles. The summed E-state index contributed by atoms with van der Waals surface area (Å²) in [6.45, 7) is 3.91. The number of carbonyl (C=O) groups is 1. The van der Waals surface area contributed by atoms with E-state index in [9.17, 15) is 9.59 Å². The van der Waals surface area contributed by atoms with Crippen molar-refractivity contribution in [2.45, 2.75) is 19.9 Å². The third kappa shape index (κ3) is 5.47. The molecule has 0 amide bonds.